The van der Waals surface area contributed by atoms with Crippen molar-refractivity contribution < 1.29 is 0 Å². The Labute approximate surface area is 111 Å². The van der Waals surface area contributed by atoms with Crippen molar-refractivity contribution in [2.45, 2.75) is 74.1 Å². The Morgan fingerprint density at radius 2 is 1.47 bits per heavy atom. The number of likely N-dealkylation sites (tertiary alicyclic amines) is 1. The maximum Gasteiger partial charge on any atom is 0.00355 e. The molecule has 2 aliphatic rings. The van der Waals surface area contributed by atoms with Crippen LogP contribution in [0.5, 0.6) is 0 Å². The van der Waals surface area contributed by atoms with E-state index in [1.807, 2.05) is 41.5 Å². The molecule has 106 valence electrons. The summed E-state index contributed by atoms with van der Waals surface area (Å²) in [6, 6.07) is 0. The highest BCUT2D eigenvalue weighted by atomic mass is 15.1. The monoisotopic (exact) mass is 243 g/mol. The van der Waals surface area contributed by atoms with Crippen molar-refractivity contribution in [3.63, 3.8) is 0 Å². The topological polar surface area (TPSA) is 3.24 Å². The van der Waals surface area contributed by atoms with E-state index < -0.39 is 0 Å². The van der Waals surface area contributed by atoms with Crippen LogP contribution in [0.4, 0.5) is 0 Å². The van der Waals surface area contributed by atoms with Crippen LogP contribution < -0.4 is 0 Å². The van der Waals surface area contributed by atoms with Crippen molar-refractivity contribution in [3.8, 4) is 0 Å². The second-order valence-electron chi connectivity index (χ2n) is 4.84. The smallest absolute Gasteiger partial charge is 0.00355 e. The van der Waals surface area contributed by atoms with Crippen molar-refractivity contribution in [1.29, 1.82) is 0 Å². The van der Waals surface area contributed by atoms with E-state index in [2.05, 4.69) is 18.9 Å². The van der Waals surface area contributed by atoms with Crippen molar-refractivity contribution in [3.05, 3.63) is 0 Å². The summed E-state index contributed by atoms with van der Waals surface area (Å²) >= 11 is 0. The lowest BCUT2D eigenvalue weighted by molar-refractivity contribution is 0.281. The van der Waals surface area contributed by atoms with Gasteiger partial charge in [-0.05, 0) is 44.2 Å². The molecule has 1 saturated heterocycles. The molecule has 1 heterocycles. The van der Waals surface area contributed by atoms with Crippen LogP contribution in [0.1, 0.15) is 74.1 Å². The Bertz CT molecular complexity index is 136. The molecule has 17 heavy (non-hydrogen) atoms. The van der Waals surface area contributed by atoms with Gasteiger partial charge < -0.3 is 4.90 Å². The van der Waals surface area contributed by atoms with Gasteiger partial charge >= 0.3 is 0 Å². The Kier molecular flexibility index (Phi) is 12.6. The van der Waals surface area contributed by atoms with E-state index in [0.29, 0.717) is 0 Å². The zero-order chi connectivity index (χ0) is 13.9. The zero-order valence-electron chi connectivity index (χ0n) is 13.8. The van der Waals surface area contributed by atoms with Gasteiger partial charge in [-0.3, -0.25) is 0 Å². The molecule has 0 aromatic carbocycles. The molecular formula is C16H37N. The molecule has 1 saturated carbocycles. The van der Waals surface area contributed by atoms with Gasteiger partial charge in [-0.1, -0.05) is 54.9 Å². The lowest BCUT2D eigenvalue weighted by atomic mass is 9.85. The van der Waals surface area contributed by atoms with E-state index >= 15 is 0 Å². The Hall–Kier alpha value is -0.0400. The average molecular weight is 243 g/mol. The summed E-state index contributed by atoms with van der Waals surface area (Å²) in [5.74, 6) is 1.00. The maximum absolute atomic E-state index is 2.50. The van der Waals surface area contributed by atoms with E-state index in [1.54, 1.807) is 0 Å². The molecular weight excluding hydrogens is 206 g/mol. The predicted octanol–water partition coefficient (Wildman–Crippen LogP) is 5.21. The van der Waals surface area contributed by atoms with Crippen LogP contribution in [0.15, 0.2) is 0 Å². The number of nitrogens with zero attached hydrogens (tertiary/aromatic N) is 1. The van der Waals surface area contributed by atoms with Gasteiger partial charge in [0.1, 0.15) is 0 Å². The molecule has 1 aliphatic heterocycles. The first-order valence-electron chi connectivity index (χ1n) is 7.89. The van der Waals surface area contributed by atoms with E-state index in [0.717, 1.165) is 11.3 Å². The van der Waals surface area contributed by atoms with Crippen LogP contribution in [0, 0.1) is 11.3 Å². The average Bonchev–Trinajstić information content (AvgIpc) is 2.94. The van der Waals surface area contributed by atoms with Crippen LogP contribution in [0.3, 0.4) is 0 Å². The number of rotatable bonds is 0. The Morgan fingerprint density at radius 1 is 0.941 bits per heavy atom. The summed E-state index contributed by atoms with van der Waals surface area (Å²) in [4.78, 5) is 2.50. The largest absolute Gasteiger partial charge is 0.306 e. The molecule has 0 radical (unpaired) electrons. The van der Waals surface area contributed by atoms with Crippen molar-refractivity contribution in [1.82, 2.24) is 4.90 Å². The van der Waals surface area contributed by atoms with Gasteiger partial charge in [0.25, 0.3) is 0 Å². The lowest BCUT2D eigenvalue weighted by Crippen LogP contribution is -2.21. The molecule has 0 bridgehead atoms. The SMILES string of the molecule is CC.CC.CC.CC1CCC2(CCN(C)C2)C1. The summed E-state index contributed by atoms with van der Waals surface area (Å²) in [5, 5.41) is 0. The highest BCUT2D eigenvalue weighted by Crippen LogP contribution is 2.47. The van der Waals surface area contributed by atoms with E-state index in [-0.39, 0.29) is 0 Å². The molecule has 0 aromatic rings. The van der Waals surface area contributed by atoms with Gasteiger partial charge in [0.15, 0.2) is 0 Å². The molecule has 1 nitrogen and oxygen atoms in total. The first-order valence-corrected chi connectivity index (χ1v) is 7.89. The third-order valence-corrected chi connectivity index (χ3v) is 3.58. The van der Waals surface area contributed by atoms with Crippen LogP contribution in [0.2, 0.25) is 0 Å². The van der Waals surface area contributed by atoms with Gasteiger partial charge in [0, 0.05) is 6.54 Å². The van der Waals surface area contributed by atoms with Gasteiger partial charge in [0.05, 0.1) is 0 Å². The third kappa shape index (κ3) is 6.45. The van der Waals surface area contributed by atoms with Gasteiger partial charge in [-0.2, -0.15) is 0 Å². The van der Waals surface area contributed by atoms with Crippen LogP contribution >= 0.6 is 0 Å². The predicted molar refractivity (Wildman–Crippen MR) is 81.6 cm³/mol. The van der Waals surface area contributed by atoms with Crippen molar-refractivity contribution in [2.24, 2.45) is 11.3 Å². The fourth-order valence-electron chi connectivity index (χ4n) is 3.03. The molecule has 2 atom stereocenters. The number of hydrogen-bond acceptors (Lipinski definition) is 1. The molecule has 1 spiro atoms. The zero-order valence-corrected chi connectivity index (χ0v) is 13.8. The fraction of sp³-hybridized carbons (Fsp3) is 1.00. The molecule has 1 heteroatoms. The summed E-state index contributed by atoms with van der Waals surface area (Å²) in [6.45, 7) is 17.1. The number of hydrogen-bond donors (Lipinski definition) is 0. The molecule has 0 N–H and O–H groups in total. The van der Waals surface area contributed by atoms with Crippen molar-refractivity contribution in [2.75, 3.05) is 20.1 Å². The minimum absolute atomic E-state index is 0.758. The van der Waals surface area contributed by atoms with E-state index in [9.17, 15) is 0 Å². The molecule has 2 rings (SSSR count). The van der Waals surface area contributed by atoms with Crippen LogP contribution in [-0.2, 0) is 0 Å². The highest BCUT2D eigenvalue weighted by Gasteiger charge is 2.41. The molecule has 2 fully saturated rings. The minimum atomic E-state index is 0.758. The quantitative estimate of drug-likeness (QED) is 0.565. The fourth-order valence-corrected chi connectivity index (χ4v) is 3.03. The second kappa shape index (κ2) is 11.1. The van der Waals surface area contributed by atoms with Crippen molar-refractivity contribution >= 4 is 0 Å². The van der Waals surface area contributed by atoms with Gasteiger partial charge in [-0.25, -0.2) is 0 Å². The summed E-state index contributed by atoms with van der Waals surface area (Å²) in [6.07, 6.45) is 5.94. The second-order valence-corrected chi connectivity index (χ2v) is 4.84. The first kappa shape index (κ1) is 19.3. The van der Waals surface area contributed by atoms with Crippen LogP contribution in [-0.4, -0.2) is 25.0 Å². The van der Waals surface area contributed by atoms with E-state index in [1.165, 1.54) is 38.8 Å². The summed E-state index contributed by atoms with van der Waals surface area (Å²) < 4.78 is 0. The lowest BCUT2D eigenvalue weighted by Gasteiger charge is -2.22. The Balaban J connectivity index is 0. The summed E-state index contributed by atoms with van der Waals surface area (Å²) in [5.41, 5.74) is 0.758. The molecule has 2 unspecified atom stereocenters. The van der Waals surface area contributed by atoms with Gasteiger partial charge in [0.2, 0.25) is 0 Å². The molecule has 1 aliphatic carbocycles. The maximum atomic E-state index is 2.50. The van der Waals surface area contributed by atoms with Gasteiger partial charge in [-0.15, -0.1) is 0 Å². The minimum Gasteiger partial charge on any atom is -0.306 e. The highest BCUT2D eigenvalue weighted by molar-refractivity contribution is 4.94. The van der Waals surface area contributed by atoms with Crippen LogP contribution in [0.25, 0.3) is 0 Å². The normalized spacial score (nSPS) is 30.7. The molecule has 0 amide bonds. The van der Waals surface area contributed by atoms with E-state index in [4.69, 9.17) is 0 Å². The standard InChI is InChI=1S/C10H19N.3C2H6/c1-9-3-4-10(7-9)5-6-11(2)8-10;3*1-2/h9H,3-8H2,1-2H3;3*1-2H3. The first-order chi connectivity index (χ1) is 8.20. The third-order valence-electron chi connectivity index (χ3n) is 3.58. The molecule has 0 aromatic heterocycles. The summed E-state index contributed by atoms with van der Waals surface area (Å²) in [7, 11) is 2.26. The Morgan fingerprint density at radius 3 is 1.76 bits per heavy atom.